The average Bonchev–Trinajstić information content (AvgIpc) is 2.86. The lowest BCUT2D eigenvalue weighted by Crippen LogP contribution is -2.69. The number of nitrogens with zero attached hydrogens (tertiary/aromatic N) is 1. The first kappa shape index (κ1) is 30.3. The molecule has 0 amide bonds. The van der Waals surface area contributed by atoms with E-state index in [-0.39, 0.29) is 58.4 Å². The molecule has 5 aliphatic carbocycles. The van der Waals surface area contributed by atoms with Crippen molar-refractivity contribution < 1.29 is 32.3 Å². The number of hydrogen-bond acceptors (Lipinski definition) is 4. The fourth-order valence-electron chi connectivity index (χ4n) is 10.9. The molecule has 0 N–H and O–H groups in total. The fraction of sp³-hybridized carbons (Fsp3) is 0.818. The molecule has 0 heterocycles. The van der Waals surface area contributed by atoms with Crippen LogP contribution in [0, 0.1) is 62.7 Å². The van der Waals surface area contributed by atoms with Crippen LogP contribution in [0.1, 0.15) is 99.8 Å². The van der Waals surface area contributed by atoms with Crippen molar-refractivity contribution in [2.75, 3.05) is 6.61 Å². The number of carbonyl (C=O) groups is 3. The zero-order chi connectivity index (χ0) is 30.6. The Labute approximate surface area is 241 Å². The summed E-state index contributed by atoms with van der Waals surface area (Å²) in [6.45, 7) is 22.3. The van der Waals surface area contributed by atoms with E-state index >= 15 is 0 Å². The van der Waals surface area contributed by atoms with Crippen LogP contribution in [-0.4, -0.2) is 30.3 Å². The van der Waals surface area contributed by atoms with E-state index in [0.717, 1.165) is 19.3 Å². The molecule has 8 atom stereocenters. The first-order valence-electron chi connectivity index (χ1n) is 15.1. The van der Waals surface area contributed by atoms with Gasteiger partial charge in [0, 0.05) is 23.2 Å². The van der Waals surface area contributed by atoms with Gasteiger partial charge in [-0.25, -0.2) is 9.64 Å². The van der Waals surface area contributed by atoms with Gasteiger partial charge in [0.05, 0.1) is 13.2 Å². The Kier molecular flexibility index (Phi) is 6.59. The van der Waals surface area contributed by atoms with Gasteiger partial charge in [-0.3, -0.25) is 4.79 Å². The van der Waals surface area contributed by atoms with E-state index in [4.69, 9.17) is 11.3 Å². The Balaban J connectivity index is 1.57. The molecular weight excluding hydrogens is 531 g/mol. The van der Waals surface area contributed by atoms with Crippen molar-refractivity contribution >= 4 is 17.5 Å². The number of fused-ring (bicyclic) bond motifs is 7. The number of esters is 1. The van der Waals surface area contributed by atoms with Crippen LogP contribution in [0.2, 0.25) is 0 Å². The molecule has 5 nitrogen and oxygen atoms in total. The molecular formula is C33H44F3NO4. The van der Waals surface area contributed by atoms with Crippen molar-refractivity contribution in [1.82, 2.24) is 0 Å². The SMILES string of the molecule is [C-]#[N+]C1=C[C@]2(C)[C@H]3CC(=O)[C@@H]4[C@@H]5CC(C)(C)CC[C@]5(COC(=O)C(F)(F)F)CC[C@@]4(C)[C@]3(C)CC[C@H]2C(C)(C)C1=O. The molecule has 0 spiro atoms. The first-order chi connectivity index (χ1) is 18.7. The van der Waals surface area contributed by atoms with Crippen molar-refractivity contribution in [3.63, 3.8) is 0 Å². The van der Waals surface area contributed by atoms with Gasteiger partial charge < -0.3 is 9.53 Å². The molecule has 226 valence electrons. The van der Waals surface area contributed by atoms with Crippen LogP contribution in [0.4, 0.5) is 13.2 Å². The number of carbonyl (C=O) groups excluding carboxylic acids is 3. The lowest BCUT2D eigenvalue weighted by molar-refractivity contribution is -0.233. The molecule has 41 heavy (non-hydrogen) atoms. The summed E-state index contributed by atoms with van der Waals surface area (Å²) in [7, 11) is 0. The maximum atomic E-state index is 14.5. The Morgan fingerprint density at radius 2 is 1.61 bits per heavy atom. The van der Waals surface area contributed by atoms with Gasteiger partial charge in [0.1, 0.15) is 5.78 Å². The van der Waals surface area contributed by atoms with E-state index < -0.39 is 33.8 Å². The quantitative estimate of drug-likeness (QED) is 0.250. The van der Waals surface area contributed by atoms with Crippen LogP contribution in [0.5, 0.6) is 0 Å². The summed E-state index contributed by atoms with van der Waals surface area (Å²) in [5.74, 6) is -2.71. The third-order valence-electron chi connectivity index (χ3n) is 13.3. The number of halogens is 3. The molecule has 0 aromatic rings. The number of ketones is 2. The van der Waals surface area contributed by atoms with Crippen LogP contribution in [-0.2, 0) is 19.1 Å². The minimum atomic E-state index is -5.05. The molecule has 0 aliphatic heterocycles. The smallest absolute Gasteiger partial charge is 0.458 e. The highest BCUT2D eigenvalue weighted by atomic mass is 19.4. The number of allylic oxidation sites excluding steroid dienone is 2. The van der Waals surface area contributed by atoms with Crippen molar-refractivity contribution in [2.45, 2.75) is 106 Å². The average molecular weight is 576 g/mol. The topological polar surface area (TPSA) is 64.8 Å². The number of hydrogen-bond donors (Lipinski definition) is 0. The van der Waals surface area contributed by atoms with Crippen molar-refractivity contribution in [3.8, 4) is 0 Å². The summed E-state index contributed by atoms with van der Waals surface area (Å²) in [5, 5.41) is 0. The van der Waals surface area contributed by atoms with Gasteiger partial charge in [-0.15, -0.1) is 0 Å². The molecule has 0 radical (unpaired) electrons. The minimum Gasteiger partial charge on any atom is -0.458 e. The van der Waals surface area contributed by atoms with Gasteiger partial charge in [-0.05, 0) is 84.4 Å². The Morgan fingerprint density at radius 1 is 0.976 bits per heavy atom. The monoisotopic (exact) mass is 575 g/mol. The highest BCUT2D eigenvalue weighted by Crippen LogP contribution is 2.75. The second kappa shape index (κ2) is 8.92. The molecule has 5 rings (SSSR count). The highest BCUT2D eigenvalue weighted by Gasteiger charge is 2.72. The maximum Gasteiger partial charge on any atom is 0.490 e. The van der Waals surface area contributed by atoms with E-state index in [2.05, 4.69) is 39.5 Å². The van der Waals surface area contributed by atoms with Crippen molar-refractivity contribution in [3.05, 3.63) is 23.2 Å². The summed E-state index contributed by atoms with van der Waals surface area (Å²) in [4.78, 5) is 43.1. The predicted molar refractivity (Wildman–Crippen MR) is 147 cm³/mol. The van der Waals surface area contributed by atoms with Gasteiger partial charge in [0.2, 0.25) is 5.70 Å². The lowest BCUT2D eigenvalue weighted by atomic mass is 9.32. The number of ether oxygens (including phenoxy) is 1. The number of rotatable bonds is 2. The van der Waals surface area contributed by atoms with Gasteiger partial charge in [0.25, 0.3) is 0 Å². The standard InChI is InChI=1S/C33H44F3NO4/c1-27(2)11-13-32(18-41-26(40)33(34,35)36)14-12-31(7)24(19(32)16-27)21(38)15-23-29(5)17-20(37-8)25(39)28(3,4)22(29)9-10-30(23,31)6/h17,19,22-24H,9-16,18H2,1-7H3/t19-,22-,23+,24-,29-,30+,31+,32+/m0/s1. The second-order valence-electron chi connectivity index (χ2n) is 16.1. The molecule has 0 unspecified atom stereocenters. The maximum absolute atomic E-state index is 14.5. The fourth-order valence-corrected chi connectivity index (χ4v) is 10.9. The molecule has 8 heteroatoms. The van der Waals surface area contributed by atoms with E-state index in [0.29, 0.717) is 32.1 Å². The van der Waals surface area contributed by atoms with E-state index in [1.807, 2.05) is 19.9 Å². The lowest BCUT2D eigenvalue weighted by Gasteiger charge is -2.72. The van der Waals surface area contributed by atoms with Crippen molar-refractivity contribution in [1.29, 1.82) is 0 Å². The molecule has 5 aliphatic rings. The largest absolute Gasteiger partial charge is 0.490 e. The summed E-state index contributed by atoms with van der Waals surface area (Å²) in [5.41, 5.74) is -2.46. The van der Waals surface area contributed by atoms with E-state index in [1.54, 1.807) is 0 Å². The molecule has 0 bridgehead atoms. The Morgan fingerprint density at radius 3 is 2.22 bits per heavy atom. The third kappa shape index (κ3) is 4.10. The van der Waals surface area contributed by atoms with Crippen LogP contribution >= 0.6 is 0 Å². The zero-order valence-corrected chi connectivity index (χ0v) is 25.5. The summed E-state index contributed by atoms with van der Waals surface area (Å²) in [6.07, 6.45) is 2.22. The molecule has 0 saturated heterocycles. The van der Waals surface area contributed by atoms with E-state index in [9.17, 15) is 27.6 Å². The molecule has 0 aromatic carbocycles. The highest BCUT2D eigenvalue weighted by molar-refractivity contribution is 6.02. The normalized spacial score (nSPS) is 44.8. The summed E-state index contributed by atoms with van der Waals surface area (Å²) >= 11 is 0. The van der Waals surface area contributed by atoms with Crippen molar-refractivity contribution in [2.24, 2.45) is 56.2 Å². The summed E-state index contributed by atoms with van der Waals surface area (Å²) < 4.78 is 44.3. The van der Waals surface area contributed by atoms with Gasteiger partial charge in [-0.1, -0.05) is 54.5 Å². The van der Waals surface area contributed by atoms with Crippen LogP contribution in [0.25, 0.3) is 4.85 Å². The molecule has 4 saturated carbocycles. The van der Waals surface area contributed by atoms with E-state index in [1.165, 1.54) is 0 Å². The second-order valence-corrected chi connectivity index (χ2v) is 16.1. The first-order valence-corrected chi connectivity index (χ1v) is 15.1. The summed E-state index contributed by atoms with van der Waals surface area (Å²) in [6, 6.07) is 0. The molecule has 4 fully saturated rings. The Hall–Kier alpha value is -2.17. The van der Waals surface area contributed by atoms with Crippen LogP contribution in [0.15, 0.2) is 11.8 Å². The molecule has 0 aromatic heterocycles. The van der Waals surface area contributed by atoms with Crippen LogP contribution in [0.3, 0.4) is 0 Å². The minimum absolute atomic E-state index is 0.0112. The Bertz CT molecular complexity index is 1260. The van der Waals surface area contributed by atoms with Gasteiger partial charge in [-0.2, -0.15) is 13.2 Å². The predicted octanol–water partition coefficient (Wildman–Crippen LogP) is 7.74. The van der Waals surface area contributed by atoms with Crippen LogP contribution < -0.4 is 0 Å². The third-order valence-corrected chi connectivity index (χ3v) is 13.3. The van der Waals surface area contributed by atoms with Gasteiger partial charge in [0.15, 0.2) is 5.78 Å². The number of alkyl halides is 3. The number of Topliss-reactive ketones (excluding diaryl/α,β-unsaturated/α-hetero) is 2. The zero-order valence-electron chi connectivity index (χ0n) is 25.5. The van der Waals surface area contributed by atoms with Gasteiger partial charge >= 0.3 is 12.1 Å².